The Bertz CT molecular complexity index is 1820. The average molecular weight is 578 g/mol. The Kier molecular flexibility index (Phi) is 7.88. The third-order valence-electron chi connectivity index (χ3n) is 7.29. The summed E-state index contributed by atoms with van der Waals surface area (Å²) in [7, 11) is 1.51. The largest absolute Gasteiger partial charge is 0.497 e. The second-order valence-corrected chi connectivity index (χ2v) is 12.3. The second-order valence-electron chi connectivity index (χ2n) is 10.2. The van der Waals surface area contributed by atoms with Crippen LogP contribution in [-0.2, 0) is 36.5 Å². The molecule has 5 rings (SSSR count). The molecular weight excluding hydrogens is 545 g/mol. The van der Waals surface area contributed by atoms with Gasteiger partial charge in [0.05, 0.1) is 18.8 Å². The van der Waals surface area contributed by atoms with Crippen LogP contribution in [0.2, 0.25) is 0 Å². The molecule has 0 saturated heterocycles. The molecule has 0 bridgehead atoms. The summed E-state index contributed by atoms with van der Waals surface area (Å²) in [5.41, 5.74) is 4.16. The number of aromatic nitrogens is 2. The van der Waals surface area contributed by atoms with E-state index in [1.807, 2.05) is 36.5 Å². The van der Waals surface area contributed by atoms with E-state index in [4.69, 9.17) is 14.5 Å². The van der Waals surface area contributed by atoms with Crippen molar-refractivity contribution >= 4 is 31.7 Å². The molecule has 0 aliphatic carbocycles. The maximum atomic E-state index is 13.5. The van der Waals surface area contributed by atoms with Crippen molar-refractivity contribution in [3.63, 3.8) is 0 Å². The van der Waals surface area contributed by atoms with Crippen molar-refractivity contribution in [2.75, 3.05) is 27.0 Å². The van der Waals surface area contributed by atoms with E-state index >= 15 is 0 Å². The molecular formula is C31H32FN3O5S. The van der Waals surface area contributed by atoms with Gasteiger partial charge in [0, 0.05) is 43.8 Å². The number of likely N-dealkylation sites (N-methyl/N-ethyl adjacent to an activating group) is 1. The Hall–Kier alpha value is -4.15. The van der Waals surface area contributed by atoms with Gasteiger partial charge in [-0.15, -0.1) is 0 Å². The molecule has 10 heteroatoms. The average Bonchev–Trinajstić information content (AvgIpc) is 3.24. The number of hydrogen-bond donors (Lipinski definition) is 1. The van der Waals surface area contributed by atoms with Gasteiger partial charge in [-0.05, 0) is 65.4 Å². The van der Waals surface area contributed by atoms with Crippen LogP contribution in [0, 0.1) is 5.82 Å². The van der Waals surface area contributed by atoms with Crippen LogP contribution in [-0.4, -0.2) is 54.3 Å². The Labute approximate surface area is 238 Å². The van der Waals surface area contributed by atoms with Crippen LogP contribution < -0.4 is 9.47 Å². The molecule has 0 radical (unpaired) electrons. The number of hydrogen-bond acceptors (Lipinski definition) is 6. The zero-order chi connectivity index (χ0) is 29.3. The van der Waals surface area contributed by atoms with Crippen molar-refractivity contribution in [3.05, 3.63) is 95.1 Å². The lowest BCUT2D eigenvalue weighted by Crippen LogP contribution is -2.27. The van der Waals surface area contributed by atoms with Gasteiger partial charge in [-0.3, -0.25) is 4.98 Å². The third kappa shape index (κ3) is 5.98. The lowest BCUT2D eigenvalue weighted by molar-refractivity contribution is 0.311. The first-order valence-corrected chi connectivity index (χ1v) is 14.9. The van der Waals surface area contributed by atoms with Crippen molar-refractivity contribution in [1.82, 2.24) is 13.9 Å². The van der Waals surface area contributed by atoms with E-state index in [-0.39, 0.29) is 24.8 Å². The molecule has 0 spiro atoms. The first-order chi connectivity index (χ1) is 19.5. The number of fused-ring (bicyclic) bond motifs is 2. The van der Waals surface area contributed by atoms with E-state index < -0.39 is 10.0 Å². The predicted octanol–water partition coefficient (Wildman–Crippen LogP) is 5.18. The normalized spacial score (nSPS) is 12.0. The first-order valence-electron chi connectivity index (χ1n) is 13.1. The number of rotatable bonds is 10. The van der Waals surface area contributed by atoms with Crippen LogP contribution in [0.15, 0.2) is 67.0 Å². The molecule has 5 aromatic rings. The Morgan fingerprint density at radius 1 is 1.02 bits per heavy atom. The van der Waals surface area contributed by atoms with E-state index in [0.717, 1.165) is 38.8 Å². The number of benzene rings is 3. The van der Waals surface area contributed by atoms with Crippen LogP contribution in [0.4, 0.5) is 4.39 Å². The summed E-state index contributed by atoms with van der Waals surface area (Å²) in [6, 6.07) is 15.9. The van der Waals surface area contributed by atoms with Crippen molar-refractivity contribution in [2.45, 2.75) is 19.4 Å². The molecule has 1 N–H and O–H groups in total. The number of aryl methyl sites for hydroxylation is 1. The summed E-state index contributed by atoms with van der Waals surface area (Å²) < 4.78 is 52.3. The molecule has 0 aliphatic heterocycles. The van der Waals surface area contributed by atoms with Crippen LogP contribution in [0.5, 0.6) is 17.4 Å². The molecule has 8 nitrogen and oxygen atoms in total. The first kappa shape index (κ1) is 28.4. The number of nitrogens with zero attached hydrogens (tertiary/aromatic N) is 3. The standard InChI is InChI=1S/C31H32FN3O5S/c1-34-18-27-25(13-14-35(2)41(4,37)38)26-16-22(15-20-5-9-23(32)10-6-20)17-33-29(26)30(28(27)31(34)36)40-19-21-7-11-24(39-3)12-8-21/h5-12,16-18,36H,13-15,19H2,1-4H3. The minimum Gasteiger partial charge on any atom is -0.497 e. The van der Waals surface area contributed by atoms with Gasteiger partial charge in [0.25, 0.3) is 0 Å². The molecule has 0 amide bonds. The minimum atomic E-state index is -3.39. The maximum Gasteiger partial charge on any atom is 0.210 e. The highest BCUT2D eigenvalue weighted by molar-refractivity contribution is 7.88. The van der Waals surface area contributed by atoms with E-state index in [0.29, 0.717) is 29.5 Å². The molecule has 2 heterocycles. The van der Waals surface area contributed by atoms with Crippen LogP contribution in [0.1, 0.15) is 22.3 Å². The van der Waals surface area contributed by atoms with Gasteiger partial charge in [0.1, 0.15) is 23.7 Å². The van der Waals surface area contributed by atoms with Gasteiger partial charge in [0.2, 0.25) is 15.9 Å². The minimum absolute atomic E-state index is 0.0292. The van der Waals surface area contributed by atoms with E-state index in [9.17, 15) is 17.9 Å². The predicted molar refractivity (Wildman–Crippen MR) is 158 cm³/mol. The summed E-state index contributed by atoms with van der Waals surface area (Å²) in [5, 5.41) is 13.2. The fourth-order valence-corrected chi connectivity index (χ4v) is 5.33. The highest BCUT2D eigenvalue weighted by atomic mass is 32.2. The molecule has 0 saturated carbocycles. The molecule has 0 atom stereocenters. The smallest absolute Gasteiger partial charge is 0.210 e. The van der Waals surface area contributed by atoms with Crippen LogP contribution in [0.3, 0.4) is 0 Å². The van der Waals surface area contributed by atoms with Gasteiger partial charge in [-0.2, -0.15) is 0 Å². The molecule has 214 valence electrons. The topological polar surface area (TPSA) is 93.9 Å². The monoisotopic (exact) mass is 577 g/mol. The Balaban J connectivity index is 1.65. The van der Waals surface area contributed by atoms with Crippen molar-refractivity contribution < 1.29 is 27.4 Å². The number of sulfonamides is 1. The number of aromatic hydroxyl groups is 1. The van der Waals surface area contributed by atoms with E-state index in [2.05, 4.69) is 0 Å². The van der Waals surface area contributed by atoms with Gasteiger partial charge in [-0.1, -0.05) is 24.3 Å². The van der Waals surface area contributed by atoms with Crippen molar-refractivity contribution in [3.8, 4) is 17.4 Å². The van der Waals surface area contributed by atoms with E-state index in [1.165, 1.54) is 22.7 Å². The number of methoxy groups -OCH3 is 1. The Morgan fingerprint density at radius 3 is 2.37 bits per heavy atom. The molecule has 0 fully saturated rings. The number of halogens is 1. The zero-order valence-corrected chi connectivity index (χ0v) is 24.2. The molecule has 0 aliphatic rings. The summed E-state index contributed by atoms with van der Waals surface area (Å²) in [5.74, 6) is 0.910. The van der Waals surface area contributed by atoms with Crippen LogP contribution in [0.25, 0.3) is 21.7 Å². The lowest BCUT2D eigenvalue weighted by atomic mass is 9.96. The fraction of sp³-hybridized carbons (Fsp3) is 0.258. The second kappa shape index (κ2) is 11.4. The summed E-state index contributed by atoms with van der Waals surface area (Å²) >= 11 is 0. The van der Waals surface area contributed by atoms with Gasteiger partial charge in [-0.25, -0.2) is 17.1 Å². The van der Waals surface area contributed by atoms with Crippen molar-refractivity contribution in [1.29, 1.82) is 0 Å². The molecule has 3 aromatic carbocycles. The maximum absolute atomic E-state index is 13.5. The van der Waals surface area contributed by atoms with Gasteiger partial charge in [0.15, 0.2) is 5.75 Å². The number of pyridine rings is 1. The molecule has 0 unspecified atom stereocenters. The van der Waals surface area contributed by atoms with Gasteiger partial charge >= 0.3 is 0 Å². The summed E-state index contributed by atoms with van der Waals surface area (Å²) in [6.45, 7) is 0.477. The van der Waals surface area contributed by atoms with Crippen molar-refractivity contribution in [2.24, 2.45) is 7.05 Å². The summed E-state index contributed by atoms with van der Waals surface area (Å²) in [6.07, 6.45) is 5.68. The quantitative estimate of drug-likeness (QED) is 0.246. The van der Waals surface area contributed by atoms with E-state index in [1.54, 1.807) is 44.1 Å². The van der Waals surface area contributed by atoms with Gasteiger partial charge < -0.3 is 19.1 Å². The number of ether oxygens (including phenoxy) is 2. The molecule has 41 heavy (non-hydrogen) atoms. The highest BCUT2D eigenvalue weighted by Gasteiger charge is 2.23. The SMILES string of the molecule is COc1ccc(COc2c3ncc(Cc4ccc(F)cc4)cc3c(CCN(C)S(C)(=O)=O)c3cn(C)c(O)c23)cc1. The Morgan fingerprint density at radius 2 is 1.71 bits per heavy atom. The zero-order valence-electron chi connectivity index (χ0n) is 23.4. The molecule has 2 aromatic heterocycles. The fourth-order valence-electron chi connectivity index (χ4n) is 4.91. The summed E-state index contributed by atoms with van der Waals surface area (Å²) in [4.78, 5) is 4.80. The highest BCUT2D eigenvalue weighted by Crippen LogP contribution is 2.43. The third-order valence-corrected chi connectivity index (χ3v) is 8.61. The van der Waals surface area contributed by atoms with Crippen LogP contribution >= 0.6 is 0 Å². The lowest BCUT2D eigenvalue weighted by Gasteiger charge is -2.18.